The van der Waals surface area contributed by atoms with Crippen LogP contribution in [0.25, 0.3) is 88.3 Å². The van der Waals surface area contributed by atoms with Crippen LogP contribution < -0.4 is 16.9 Å². The number of phenols is 1. The number of para-hydroxylation sites is 1. The average molecular weight is 1710 g/mol. The Morgan fingerprint density at radius 3 is 1.49 bits per heavy atom. The number of halogens is 2. The van der Waals surface area contributed by atoms with Crippen LogP contribution in [0.3, 0.4) is 0 Å². The number of nitrogens with two attached hydrogens (primary N) is 1. The summed E-state index contributed by atoms with van der Waals surface area (Å²) in [4.78, 5) is 108. The van der Waals surface area contributed by atoms with Gasteiger partial charge in [-0.2, -0.15) is 10.2 Å². The van der Waals surface area contributed by atoms with Crippen LogP contribution in [0.1, 0.15) is 135 Å². The number of phenolic OH excluding ortho intramolecular Hbond substituents is 1. The zero-order chi connectivity index (χ0) is 88.6. The molecule has 2 fully saturated rings. The normalized spacial score (nSPS) is 14.1. The molecule has 4 aliphatic rings. The number of hydrogen-bond donors (Lipinski definition) is 11. The van der Waals surface area contributed by atoms with E-state index in [1.807, 2.05) is 78.9 Å². The van der Waals surface area contributed by atoms with Crippen molar-refractivity contribution in [2.75, 3.05) is 91.9 Å². The number of amides is 3. The lowest BCUT2D eigenvalue weighted by Gasteiger charge is -2.34. The number of carbonyl (C=O) groups excluding carboxylic acids is 5. The van der Waals surface area contributed by atoms with Gasteiger partial charge >= 0.3 is 0 Å². The second-order valence-corrected chi connectivity index (χ2v) is 32.0. The molecule has 15 aromatic rings. The Hall–Kier alpha value is -13.8. The number of aliphatic hydroxyl groups excluding tert-OH is 4. The molecule has 0 radical (unpaired) electrons. The maximum absolute atomic E-state index is 14.6. The van der Waals surface area contributed by atoms with E-state index in [9.17, 15) is 52.6 Å². The molecule has 2 aliphatic carbocycles. The van der Waals surface area contributed by atoms with Gasteiger partial charge in [0.15, 0.2) is 11.6 Å². The molecule has 7 heterocycles. The lowest BCUT2D eigenvalue weighted by molar-refractivity contribution is 0.0609. The molecule has 650 valence electrons. The van der Waals surface area contributed by atoms with Gasteiger partial charge in [-0.1, -0.05) is 121 Å². The van der Waals surface area contributed by atoms with Crippen molar-refractivity contribution >= 4 is 83.7 Å². The van der Waals surface area contributed by atoms with Crippen molar-refractivity contribution in [3.05, 3.63) is 317 Å². The lowest BCUT2D eigenvalue weighted by atomic mass is 9.95. The van der Waals surface area contributed by atoms with Gasteiger partial charge < -0.3 is 56.0 Å². The first kappa shape index (κ1) is 88.1. The summed E-state index contributed by atoms with van der Waals surface area (Å²) in [5, 5.41) is 63.9. The van der Waals surface area contributed by atoms with Gasteiger partial charge in [0.2, 0.25) is 0 Å². The van der Waals surface area contributed by atoms with Crippen LogP contribution in [0.15, 0.2) is 222 Å². The minimum atomic E-state index is -0.555. The summed E-state index contributed by atoms with van der Waals surface area (Å²) >= 11 is 0. The first-order valence-electron chi connectivity index (χ1n) is 42.9. The number of aromatic amines is 5. The van der Waals surface area contributed by atoms with Crippen LogP contribution in [-0.4, -0.2) is 207 Å². The number of carbonyl (C=O) groups is 5. The molecule has 19 rings (SSSR count). The SMILES string of the molecule is NC(=O)c1cccc2[nH]c(-c3ccc(O)cc3)nc12.O=C(c1cc(Cc2n[nH]c(=O)c3ccccc23)ccc1F)N1CCCN(CCO)CC1.O=C(c1cc(Cc2n[nH]c(=O)c3ccccc23)ccc1F)N1CCN(CCO)CC1.O=C1CCCc2c(-c3cccc(CCO)c3)[nH]c3cccc1c23.O=C1CCCc2c(-c3ccccc3CCCO)[nH]c3cccc1c23. The second kappa shape index (κ2) is 40.9. The van der Waals surface area contributed by atoms with Crippen LogP contribution >= 0.6 is 0 Å². The Kier molecular flexibility index (Phi) is 28.4. The fourth-order valence-corrected chi connectivity index (χ4v) is 17.3. The second-order valence-electron chi connectivity index (χ2n) is 32.0. The molecule has 0 spiro atoms. The van der Waals surface area contributed by atoms with Gasteiger partial charge in [-0.3, -0.25) is 43.4 Å². The van der Waals surface area contributed by atoms with Crippen LogP contribution in [0.2, 0.25) is 0 Å². The number of hydrogen-bond acceptors (Lipinski definition) is 17. The highest BCUT2D eigenvalue weighted by Crippen LogP contribution is 2.40. The fraction of sp³-hybridized carbons (Fsp3) is 0.260. The minimum absolute atomic E-state index is 0.0387. The van der Waals surface area contributed by atoms with E-state index >= 15 is 0 Å². The zero-order valence-electron chi connectivity index (χ0n) is 70.1. The number of aromatic nitrogens is 8. The van der Waals surface area contributed by atoms with E-state index in [1.165, 1.54) is 34.4 Å². The molecule has 2 saturated heterocycles. The van der Waals surface area contributed by atoms with Crippen LogP contribution in [0.5, 0.6) is 5.75 Å². The molecular weight excluding hydrogens is 1610 g/mol. The van der Waals surface area contributed by atoms with E-state index in [2.05, 4.69) is 86.5 Å². The third kappa shape index (κ3) is 20.3. The van der Waals surface area contributed by atoms with E-state index in [4.69, 9.17) is 21.1 Å². The van der Waals surface area contributed by atoms with Crippen molar-refractivity contribution in [3.63, 3.8) is 0 Å². The van der Waals surface area contributed by atoms with Crippen LogP contribution in [0, 0.1) is 11.6 Å². The third-order valence-electron chi connectivity index (χ3n) is 23.7. The number of nitrogens with zero attached hydrogens (tertiary/aromatic N) is 7. The summed E-state index contributed by atoms with van der Waals surface area (Å²) in [6.45, 7) is 6.47. The first-order valence-corrected chi connectivity index (χ1v) is 42.9. The van der Waals surface area contributed by atoms with Crippen molar-refractivity contribution in [1.82, 2.24) is 59.9 Å². The van der Waals surface area contributed by atoms with Gasteiger partial charge in [-0.15, -0.1) is 0 Å². The Morgan fingerprint density at radius 2 is 0.929 bits per heavy atom. The van der Waals surface area contributed by atoms with Gasteiger partial charge in [-0.25, -0.2) is 24.0 Å². The van der Waals surface area contributed by atoms with Gasteiger partial charge in [0, 0.05) is 164 Å². The van der Waals surface area contributed by atoms with Gasteiger partial charge in [0.05, 0.1) is 57.6 Å². The molecule has 0 bridgehead atoms. The number of ketones is 2. The quantitative estimate of drug-likeness (QED) is 0.0358. The number of primary amides is 1. The van der Waals surface area contributed by atoms with E-state index in [1.54, 1.807) is 94.7 Å². The van der Waals surface area contributed by atoms with Gasteiger partial charge in [-0.05, 0) is 188 Å². The number of rotatable bonds is 19. The van der Waals surface area contributed by atoms with Crippen molar-refractivity contribution in [2.45, 2.75) is 77.0 Å². The molecule has 5 aromatic heterocycles. The lowest BCUT2D eigenvalue weighted by Crippen LogP contribution is -2.49. The number of aliphatic hydroxyl groups is 4. The summed E-state index contributed by atoms with van der Waals surface area (Å²) in [5.41, 5.74) is 23.5. The van der Waals surface area contributed by atoms with Gasteiger partial charge in [0.1, 0.15) is 28.7 Å². The fourth-order valence-electron chi connectivity index (χ4n) is 17.3. The number of benzene rings is 10. The molecule has 12 N–H and O–H groups in total. The monoisotopic (exact) mass is 1710 g/mol. The smallest absolute Gasteiger partial charge is 0.272 e. The number of Topliss-reactive ketones (excluding diaryl/α,β-unsaturated/α-hetero) is 2. The standard InChI is InChI=1S/C23H25FN4O3.C22H23FN4O3.C21H21NO2.C20H19NO2.C14H11N3O2/c24-20-7-6-16(15-21-17-4-1-2-5-18(17)22(30)26-25-21)14-19(20)23(31)28-9-3-8-27(10-11-28)12-13-29;23-19-6-5-15(14-20-16-3-1-2-4-17(16)21(29)25-24-20)13-18(19)22(30)27-9-7-26(8-10-27)11-12-28;23-13-5-7-14-6-1-2-8-15(14)21-17-10-4-12-19(24)16-9-3-11-18(22-21)20(16)17;22-11-10-13-4-1-5-14(12-13)20-16-7-3-9-18(23)15-6-2-8-17(21-20)19(15)16;15-13(19)10-2-1-3-11-12(10)17-14(16-11)8-4-6-9(18)7-5-8/h1-2,4-7,14,29H,3,8-13,15H2,(H,26,30);1-6,13,28H,7-12,14H2,(H,25,29);1-3,6,8-9,11,22-23H,4-5,7,10,12-13H2;1-2,4-6,8,12,21-22H,3,7,9-11H2;1-7,18H,(H2,15,19)(H,16,17). The number of H-pyrrole nitrogens is 5. The Balaban J connectivity index is 0.000000123. The topological polar surface area (TPSA) is 377 Å². The predicted molar refractivity (Wildman–Crippen MR) is 487 cm³/mol. The van der Waals surface area contributed by atoms with E-state index < -0.39 is 17.5 Å². The van der Waals surface area contributed by atoms with Crippen molar-refractivity contribution in [2.24, 2.45) is 5.73 Å². The summed E-state index contributed by atoms with van der Waals surface area (Å²) in [6.07, 6.45) is 8.66. The zero-order valence-corrected chi connectivity index (χ0v) is 70.1. The minimum Gasteiger partial charge on any atom is -0.508 e. The van der Waals surface area contributed by atoms with E-state index in [-0.39, 0.29) is 77.8 Å². The molecule has 10 aromatic carbocycles. The summed E-state index contributed by atoms with van der Waals surface area (Å²) in [6, 6.07) is 63.9. The molecule has 127 heavy (non-hydrogen) atoms. The number of aromatic hydroxyl groups is 1. The molecule has 25 nitrogen and oxygen atoms in total. The molecular formula is C100H99F2N13O12. The molecule has 0 unspecified atom stereocenters. The average Bonchev–Trinajstić information content (AvgIpc) is 1.60. The highest BCUT2D eigenvalue weighted by molar-refractivity contribution is 6.12. The number of aryl methyl sites for hydroxylation is 3. The van der Waals surface area contributed by atoms with E-state index in [0.29, 0.717) is 130 Å². The van der Waals surface area contributed by atoms with Crippen molar-refractivity contribution < 1.29 is 58.3 Å². The summed E-state index contributed by atoms with van der Waals surface area (Å²) < 4.78 is 29.0. The van der Waals surface area contributed by atoms with Crippen LogP contribution in [-0.2, 0) is 38.5 Å². The third-order valence-corrected chi connectivity index (χ3v) is 23.7. The highest BCUT2D eigenvalue weighted by atomic mass is 19.1. The summed E-state index contributed by atoms with van der Waals surface area (Å²) in [7, 11) is 0. The molecule has 3 amide bonds. The largest absolute Gasteiger partial charge is 0.508 e. The van der Waals surface area contributed by atoms with E-state index in [0.717, 1.165) is 140 Å². The molecule has 0 atom stereocenters. The highest BCUT2D eigenvalue weighted by Gasteiger charge is 2.29. The molecule has 27 heteroatoms. The summed E-state index contributed by atoms with van der Waals surface area (Å²) in [5.74, 6) is -0.963. The van der Waals surface area contributed by atoms with Crippen molar-refractivity contribution in [1.29, 1.82) is 0 Å². The van der Waals surface area contributed by atoms with Gasteiger partial charge in [0.25, 0.3) is 28.8 Å². The van der Waals surface area contributed by atoms with Crippen molar-refractivity contribution in [3.8, 4) is 39.7 Å². The van der Waals surface area contributed by atoms with Crippen LogP contribution in [0.4, 0.5) is 8.78 Å². The molecule has 0 saturated carbocycles. The number of imidazole rings is 1. The first-order chi connectivity index (χ1) is 61.8. The number of nitrogens with one attached hydrogen (secondary N) is 5. The molecule has 2 aliphatic heterocycles. The Bertz CT molecular complexity index is 6670. The maximum atomic E-state index is 14.6. The maximum Gasteiger partial charge on any atom is 0.272 e. The number of piperazine rings is 1. The Labute approximate surface area is 729 Å². The number of fused-ring (bicyclic) bond motifs is 3. The predicted octanol–water partition coefficient (Wildman–Crippen LogP) is 13.4. The Morgan fingerprint density at radius 1 is 0.425 bits per heavy atom. The number of β-amino-alcohol motifs (C(OH)–C–C–N with tert-alkyl or cyclic N) is 2.